The first-order valence-electron chi connectivity index (χ1n) is 8.69. The molecule has 2 aromatic rings. The molecule has 1 aliphatic rings. The molecule has 2 amide bonds. The predicted molar refractivity (Wildman–Crippen MR) is 96.2 cm³/mol. The summed E-state index contributed by atoms with van der Waals surface area (Å²) in [4.78, 5) is 29.1. The van der Waals surface area contributed by atoms with E-state index in [0.717, 1.165) is 12.1 Å². The van der Waals surface area contributed by atoms with E-state index in [1.165, 1.54) is 23.2 Å². The Bertz CT molecular complexity index is 893. The molecule has 1 aliphatic heterocycles. The third-order valence-electron chi connectivity index (χ3n) is 4.39. The summed E-state index contributed by atoms with van der Waals surface area (Å²) in [6.45, 7) is 2.47. The van der Waals surface area contributed by atoms with Crippen molar-refractivity contribution in [3.05, 3.63) is 48.2 Å². The van der Waals surface area contributed by atoms with Crippen LogP contribution in [-0.2, 0) is 4.79 Å². The van der Waals surface area contributed by atoms with Gasteiger partial charge in [-0.2, -0.15) is 0 Å². The lowest BCUT2D eigenvalue weighted by molar-refractivity contribution is -0.143. The van der Waals surface area contributed by atoms with Crippen LogP contribution in [0.5, 0.6) is 11.6 Å². The second-order valence-corrected chi connectivity index (χ2v) is 6.77. The number of amides is 2. The molecule has 0 aliphatic carbocycles. The largest absolute Gasteiger partial charge is 0.481 e. The Balaban J connectivity index is 1.68. The fourth-order valence-corrected chi connectivity index (χ4v) is 3.11. The highest BCUT2D eigenvalue weighted by Gasteiger charge is 2.31. The molecule has 28 heavy (non-hydrogen) atoms. The first-order chi connectivity index (χ1) is 13.3. The van der Waals surface area contributed by atoms with Gasteiger partial charge in [0.2, 0.25) is 5.88 Å². The highest BCUT2D eigenvalue weighted by atomic mass is 19.1. The molecule has 0 saturated carbocycles. The van der Waals surface area contributed by atoms with Gasteiger partial charge in [0, 0.05) is 37.1 Å². The molecule has 0 bridgehead atoms. The summed E-state index contributed by atoms with van der Waals surface area (Å²) in [5, 5.41) is 11.9. The van der Waals surface area contributed by atoms with Crippen LogP contribution in [0.4, 0.5) is 19.3 Å². The van der Waals surface area contributed by atoms with Crippen molar-refractivity contribution in [1.29, 1.82) is 0 Å². The SMILES string of the molecule is CC1CC(C(=O)O)CN(C(=O)Nc2ccnc(Oc3ccc(F)cc3F)c2)C1. The van der Waals surface area contributed by atoms with Gasteiger partial charge in [0.15, 0.2) is 11.6 Å². The Hall–Kier alpha value is -3.23. The second-order valence-electron chi connectivity index (χ2n) is 6.77. The molecule has 3 rings (SSSR count). The van der Waals surface area contributed by atoms with Gasteiger partial charge in [0.25, 0.3) is 0 Å². The maximum atomic E-state index is 13.7. The van der Waals surface area contributed by atoms with Gasteiger partial charge in [-0.1, -0.05) is 6.92 Å². The zero-order valence-corrected chi connectivity index (χ0v) is 15.1. The molecule has 2 atom stereocenters. The highest BCUT2D eigenvalue weighted by Crippen LogP contribution is 2.26. The molecule has 2 heterocycles. The number of benzene rings is 1. The number of carboxylic acid groups (broad SMARTS) is 1. The van der Waals surface area contributed by atoms with Crippen LogP contribution in [0.2, 0.25) is 0 Å². The van der Waals surface area contributed by atoms with Gasteiger partial charge >= 0.3 is 12.0 Å². The van der Waals surface area contributed by atoms with Gasteiger partial charge in [0.1, 0.15) is 5.82 Å². The number of halogens is 2. The van der Waals surface area contributed by atoms with E-state index < -0.39 is 29.6 Å². The molecule has 0 spiro atoms. The number of rotatable bonds is 4. The van der Waals surface area contributed by atoms with Crippen LogP contribution in [0, 0.1) is 23.5 Å². The molecular weight excluding hydrogens is 372 g/mol. The molecule has 1 aromatic carbocycles. The van der Waals surface area contributed by atoms with Crippen LogP contribution < -0.4 is 10.1 Å². The van der Waals surface area contributed by atoms with E-state index in [9.17, 15) is 23.5 Å². The first kappa shape index (κ1) is 19.5. The second kappa shape index (κ2) is 8.20. The smallest absolute Gasteiger partial charge is 0.321 e. The molecule has 0 radical (unpaired) electrons. The highest BCUT2D eigenvalue weighted by molar-refractivity contribution is 5.90. The molecular formula is C19H19F2N3O4. The average molecular weight is 391 g/mol. The minimum atomic E-state index is -0.926. The van der Waals surface area contributed by atoms with Crippen molar-refractivity contribution >= 4 is 17.7 Å². The summed E-state index contributed by atoms with van der Waals surface area (Å²) in [6, 6.07) is 5.36. The number of pyridine rings is 1. The summed E-state index contributed by atoms with van der Waals surface area (Å²) in [6.07, 6.45) is 1.89. The van der Waals surface area contributed by atoms with E-state index >= 15 is 0 Å². The molecule has 9 heteroatoms. The number of aliphatic carboxylic acids is 1. The standard InChI is InChI=1S/C19H19F2N3O4/c1-11-6-12(18(25)26)10-24(9-11)19(27)23-14-4-5-22-17(8-14)28-16-3-2-13(20)7-15(16)21/h2-5,7-8,11-12H,6,9-10H2,1H3,(H,25,26)(H,22,23,27). The van der Waals surface area contributed by atoms with Crippen molar-refractivity contribution in [1.82, 2.24) is 9.88 Å². The van der Waals surface area contributed by atoms with E-state index in [-0.39, 0.29) is 24.1 Å². The first-order valence-corrected chi connectivity index (χ1v) is 8.69. The molecule has 2 N–H and O–H groups in total. The van der Waals surface area contributed by atoms with Gasteiger partial charge < -0.3 is 20.1 Å². The number of carbonyl (C=O) groups is 2. The number of anilines is 1. The topological polar surface area (TPSA) is 91.8 Å². The van der Waals surface area contributed by atoms with E-state index in [1.54, 1.807) is 0 Å². The lowest BCUT2D eigenvalue weighted by atomic mass is 9.91. The fourth-order valence-electron chi connectivity index (χ4n) is 3.11. The number of urea groups is 1. The summed E-state index contributed by atoms with van der Waals surface area (Å²) in [7, 11) is 0. The monoisotopic (exact) mass is 391 g/mol. The molecule has 1 fully saturated rings. The van der Waals surface area contributed by atoms with Crippen LogP contribution in [0.25, 0.3) is 0 Å². The van der Waals surface area contributed by atoms with Crippen molar-refractivity contribution < 1.29 is 28.2 Å². The number of nitrogens with zero attached hydrogens (tertiary/aromatic N) is 2. The van der Waals surface area contributed by atoms with Gasteiger partial charge in [-0.05, 0) is 30.5 Å². The Morgan fingerprint density at radius 2 is 2.04 bits per heavy atom. The summed E-state index contributed by atoms with van der Waals surface area (Å²) in [5.41, 5.74) is 0.350. The lowest BCUT2D eigenvalue weighted by Gasteiger charge is -2.34. The number of likely N-dealkylation sites (tertiary alicyclic amines) is 1. The number of hydrogen-bond acceptors (Lipinski definition) is 4. The summed E-state index contributed by atoms with van der Waals surface area (Å²) in [5.74, 6) is -3.26. The van der Waals surface area contributed by atoms with Crippen LogP contribution >= 0.6 is 0 Å². The van der Waals surface area contributed by atoms with E-state index in [0.29, 0.717) is 24.7 Å². The third kappa shape index (κ3) is 4.73. The Morgan fingerprint density at radius 1 is 1.25 bits per heavy atom. The van der Waals surface area contributed by atoms with Gasteiger partial charge in [-0.3, -0.25) is 4.79 Å². The number of aromatic nitrogens is 1. The molecule has 148 valence electrons. The number of carboxylic acids is 1. The number of carbonyl (C=O) groups excluding carboxylic acids is 1. The Labute approximate surface area is 159 Å². The van der Waals surface area contributed by atoms with Gasteiger partial charge in [-0.15, -0.1) is 0 Å². The zero-order valence-electron chi connectivity index (χ0n) is 15.1. The van der Waals surface area contributed by atoms with Gasteiger partial charge in [-0.25, -0.2) is 18.6 Å². The van der Waals surface area contributed by atoms with Crippen LogP contribution in [0.15, 0.2) is 36.5 Å². The number of nitrogens with one attached hydrogen (secondary N) is 1. The van der Waals surface area contributed by atoms with Crippen LogP contribution in [0.3, 0.4) is 0 Å². The Kier molecular flexibility index (Phi) is 5.72. The van der Waals surface area contributed by atoms with Crippen molar-refractivity contribution in [2.45, 2.75) is 13.3 Å². The number of hydrogen-bond donors (Lipinski definition) is 2. The van der Waals surface area contributed by atoms with Crippen molar-refractivity contribution in [3.8, 4) is 11.6 Å². The molecule has 1 aromatic heterocycles. The maximum absolute atomic E-state index is 13.7. The summed E-state index contributed by atoms with van der Waals surface area (Å²) < 4.78 is 32.0. The number of ether oxygens (including phenoxy) is 1. The average Bonchev–Trinajstić information content (AvgIpc) is 2.64. The van der Waals surface area contributed by atoms with E-state index in [4.69, 9.17) is 4.74 Å². The summed E-state index contributed by atoms with van der Waals surface area (Å²) >= 11 is 0. The maximum Gasteiger partial charge on any atom is 0.321 e. The van der Waals surface area contributed by atoms with E-state index in [2.05, 4.69) is 10.3 Å². The van der Waals surface area contributed by atoms with Crippen LogP contribution in [-0.4, -0.2) is 40.1 Å². The Morgan fingerprint density at radius 3 is 2.75 bits per heavy atom. The molecule has 1 saturated heterocycles. The predicted octanol–water partition coefficient (Wildman–Crippen LogP) is 3.73. The van der Waals surface area contributed by atoms with E-state index in [1.807, 2.05) is 6.92 Å². The minimum absolute atomic E-state index is 0.0127. The molecule has 2 unspecified atom stereocenters. The van der Waals surface area contributed by atoms with Crippen molar-refractivity contribution in [3.63, 3.8) is 0 Å². The quantitative estimate of drug-likeness (QED) is 0.829. The third-order valence-corrected chi connectivity index (χ3v) is 4.39. The van der Waals surface area contributed by atoms with Crippen LogP contribution in [0.1, 0.15) is 13.3 Å². The van der Waals surface area contributed by atoms with Gasteiger partial charge in [0.05, 0.1) is 5.92 Å². The number of piperidine rings is 1. The van der Waals surface area contributed by atoms with Crippen molar-refractivity contribution in [2.24, 2.45) is 11.8 Å². The van der Waals surface area contributed by atoms with Crippen molar-refractivity contribution in [2.75, 3.05) is 18.4 Å². The normalized spacial score (nSPS) is 19.2. The molecule has 7 nitrogen and oxygen atoms in total. The minimum Gasteiger partial charge on any atom is -0.481 e. The zero-order chi connectivity index (χ0) is 20.3. The fraction of sp³-hybridized carbons (Fsp3) is 0.316. The lowest BCUT2D eigenvalue weighted by Crippen LogP contribution is -2.47.